The molecule has 2 rings (SSSR count). The maximum Gasteiger partial charge on any atom is 0.292 e. The molecule has 2 aromatic rings. The summed E-state index contributed by atoms with van der Waals surface area (Å²) in [6, 6.07) is 8.25. The molecule has 1 aromatic carbocycles. The topological polar surface area (TPSA) is 52.0 Å². The van der Waals surface area contributed by atoms with Crippen LogP contribution in [-0.2, 0) is 0 Å². The molecule has 0 fully saturated rings. The second kappa shape index (κ2) is 2.94. The Kier molecular flexibility index (Phi) is 1.77. The molecule has 2 N–H and O–H groups in total. The number of hydrogen-bond donors (Lipinski definition) is 1. The third-order valence-corrected chi connectivity index (χ3v) is 1.87. The van der Waals surface area contributed by atoms with Gasteiger partial charge in [0.15, 0.2) is 0 Å². The van der Waals surface area contributed by atoms with E-state index in [4.69, 9.17) is 10.2 Å². The van der Waals surface area contributed by atoms with Gasteiger partial charge in [-0.1, -0.05) is 29.8 Å². The molecule has 1 heterocycles. The van der Waals surface area contributed by atoms with Crippen molar-refractivity contribution < 1.29 is 4.42 Å². The first kappa shape index (κ1) is 7.86. The molecule has 0 atom stereocenters. The Balaban J connectivity index is 2.41. The number of aromatic nitrogens is 1. The van der Waals surface area contributed by atoms with E-state index in [1.54, 1.807) is 6.26 Å². The number of nitrogens with zero attached hydrogens (tertiary/aromatic N) is 1. The van der Waals surface area contributed by atoms with E-state index in [2.05, 4.69) is 4.98 Å². The monoisotopic (exact) mass is 174 g/mol. The Morgan fingerprint density at radius 1 is 1.23 bits per heavy atom. The van der Waals surface area contributed by atoms with Crippen molar-refractivity contribution in [3.63, 3.8) is 0 Å². The second-order valence-corrected chi connectivity index (χ2v) is 2.94. The first-order valence-corrected chi connectivity index (χ1v) is 4.04. The van der Waals surface area contributed by atoms with Gasteiger partial charge in [-0.25, -0.2) is 0 Å². The van der Waals surface area contributed by atoms with E-state index < -0.39 is 0 Å². The summed E-state index contributed by atoms with van der Waals surface area (Å²) in [5.41, 5.74) is 8.39. The van der Waals surface area contributed by atoms with Gasteiger partial charge < -0.3 is 10.2 Å². The van der Waals surface area contributed by atoms with Gasteiger partial charge in [-0.2, -0.15) is 4.98 Å². The van der Waals surface area contributed by atoms with Gasteiger partial charge in [-0.3, -0.25) is 0 Å². The molecular formula is C10H10N2O. The van der Waals surface area contributed by atoms with Gasteiger partial charge in [0.25, 0.3) is 6.01 Å². The summed E-state index contributed by atoms with van der Waals surface area (Å²) >= 11 is 0. The Bertz CT molecular complexity index is 403. The SMILES string of the molecule is Cc1ccc(-c2coc(N)n2)cc1. The molecule has 0 aliphatic rings. The van der Waals surface area contributed by atoms with Crippen molar-refractivity contribution in [3.05, 3.63) is 36.1 Å². The fourth-order valence-corrected chi connectivity index (χ4v) is 1.14. The minimum atomic E-state index is 0.204. The van der Waals surface area contributed by atoms with E-state index >= 15 is 0 Å². The molecule has 3 heteroatoms. The minimum Gasteiger partial charge on any atom is -0.432 e. The van der Waals surface area contributed by atoms with Crippen LogP contribution in [0.5, 0.6) is 0 Å². The molecule has 0 aliphatic heterocycles. The molecule has 13 heavy (non-hydrogen) atoms. The molecule has 0 saturated carbocycles. The van der Waals surface area contributed by atoms with Gasteiger partial charge in [0.1, 0.15) is 12.0 Å². The Morgan fingerprint density at radius 2 is 1.92 bits per heavy atom. The van der Waals surface area contributed by atoms with Crippen molar-refractivity contribution in [3.8, 4) is 11.3 Å². The molecule has 0 aliphatic carbocycles. The van der Waals surface area contributed by atoms with Crippen molar-refractivity contribution >= 4 is 6.01 Å². The van der Waals surface area contributed by atoms with Crippen LogP contribution in [0.3, 0.4) is 0 Å². The first-order valence-electron chi connectivity index (χ1n) is 4.04. The number of hydrogen-bond acceptors (Lipinski definition) is 3. The van der Waals surface area contributed by atoms with Crippen molar-refractivity contribution in [2.45, 2.75) is 6.92 Å². The highest BCUT2D eigenvalue weighted by atomic mass is 16.4. The lowest BCUT2D eigenvalue weighted by Gasteiger charge is -1.95. The highest BCUT2D eigenvalue weighted by molar-refractivity contribution is 5.59. The number of anilines is 1. The highest BCUT2D eigenvalue weighted by Crippen LogP contribution is 2.19. The number of nitrogens with two attached hydrogens (primary N) is 1. The van der Waals surface area contributed by atoms with Crippen LogP contribution in [0, 0.1) is 6.92 Å². The van der Waals surface area contributed by atoms with Crippen LogP contribution in [0.15, 0.2) is 34.9 Å². The lowest BCUT2D eigenvalue weighted by molar-refractivity contribution is 0.581. The predicted octanol–water partition coefficient (Wildman–Crippen LogP) is 2.23. The molecular weight excluding hydrogens is 164 g/mol. The van der Waals surface area contributed by atoms with Crippen LogP contribution >= 0.6 is 0 Å². The molecule has 0 spiro atoms. The summed E-state index contributed by atoms with van der Waals surface area (Å²) in [5, 5.41) is 0. The number of benzene rings is 1. The van der Waals surface area contributed by atoms with Crippen LogP contribution < -0.4 is 5.73 Å². The van der Waals surface area contributed by atoms with Crippen LogP contribution in [0.2, 0.25) is 0 Å². The van der Waals surface area contributed by atoms with E-state index in [-0.39, 0.29) is 6.01 Å². The Labute approximate surface area is 76.2 Å². The smallest absolute Gasteiger partial charge is 0.292 e. The highest BCUT2D eigenvalue weighted by Gasteiger charge is 2.02. The molecule has 0 unspecified atom stereocenters. The zero-order valence-corrected chi connectivity index (χ0v) is 7.32. The van der Waals surface area contributed by atoms with Crippen molar-refractivity contribution in [1.82, 2.24) is 4.98 Å². The molecule has 66 valence electrons. The standard InChI is InChI=1S/C10H10N2O/c1-7-2-4-8(5-3-7)9-6-13-10(11)12-9/h2-6H,1H3,(H2,11,12). The first-order chi connectivity index (χ1) is 6.25. The summed E-state index contributed by atoms with van der Waals surface area (Å²) in [5.74, 6) is 0. The quantitative estimate of drug-likeness (QED) is 0.721. The van der Waals surface area contributed by atoms with Crippen LogP contribution in [0.4, 0.5) is 6.01 Å². The summed E-state index contributed by atoms with van der Waals surface area (Å²) in [4.78, 5) is 4.02. The maximum atomic E-state index is 5.37. The third kappa shape index (κ3) is 1.54. The van der Waals surface area contributed by atoms with E-state index in [0.29, 0.717) is 0 Å². The third-order valence-electron chi connectivity index (χ3n) is 1.87. The predicted molar refractivity (Wildman–Crippen MR) is 51.1 cm³/mol. The molecule has 1 aromatic heterocycles. The van der Waals surface area contributed by atoms with Gasteiger partial charge in [-0.05, 0) is 6.92 Å². The summed E-state index contributed by atoms with van der Waals surface area (Å²) in [6.07, 6.45) is 1.56. The molecule has 3 nitrogen and oxygen atoms in total. The Morgan fingerprint density at radius 3 is 2.46 bits per heavy atom. The average molecular weight is 174 g/mol. The van der Waals surface area contributed by atoms with Gasteiger partial charge in [0, 0.05) is 5.56 Å². The van der Waals surface area contributed by atoms with Crippen molar-refractivity contribution in [2.75, 3.05) is 5.73 Å². The zero-order valence-electron chi connectivity index (χ0n) is 7.32. The molecule has 0 amide bonds. The maximum absolute atomic E-state index is 5.37. The number of aryl methyl sites for hydroxylation is 1. The largest absolute Gasteiger partial charge is 0.432 e. The van der Waals surface area contributed by atoms with Gasteiger partial charge in [-0.15, -0.1) is 0 Å². The van der Waals surface area contributed by atoms with Crippen LogP contribution in [0.25, 0.3) is 11.3 Å². The van der Waals surface area contributed by atoms with Crippen LogP contribution in [0.1, 0.15) is 5.56 Å². The molecule has 0 saturated heterocycles. The van der Waals surface area contributed by atoms with Crippen molar-refractivity contribution in [1.29, 1.82) is 0 Å². The Hall–Kier alpha value is -1.77. The fourth-order valence-electron chi connectivity index (χ4n) is 1.14. The van der Waals surface area contributed by atoms with Crippen molar-refractivity contribution in [2.24, 2.45) is 0 Å². The molecule has 0 radical (unpaired) electrons. The van der Waals surface area contributed by atoms with Gasteiger partial charge in [0.2, 0.25) is 0 Å². The molecule has 0 bridgehead atoms. The minimum absolute atomic E-state index is 0.204. The second-order valence-electron chi connectivity index (χ2n) is 2.94. The number of nitrogen functional groups attached to an aromatic ring is 1. The number of oxazole rings is 1. The number of rotatable bonds is 1. The van der Waals surface area contributed by atoms with E-state index in [1.807, 2.05) is 31.2 Å². The van der Waals surface area contributed by atoms with E-state index in [1.165, 1.54) is 5.56 Å². The van der Waals surface area contributed by atoms with Crippen LogP contribution in [-0.4, -0.2) is 4.98 Å². The summed E-state index contributed by atoms with van der Waals surface area (Å²) in [6.45, 7) is 2.04. The lowest BCUT2D eigenvalue weighted by Crippen LogP contribution is -1.83. The fraction of sp³-hybridized carbons (Fsp3) is 0.100. The average Bonchev–Trinajstić information content (AvgIpc) is 2.53. The zero-order chi connectivity index (χ0) is 9.26. The summed E-state index contributed by atoms with van der Waals surface area (Å²) in [7, 11) is 0. The van der Waals surface area contributed by atoms with E-state index in [0.717, 1.165) is 11.3 Å². The van der Waals surface area contributed by atoms with E-state index in [9.17, 15) is 0 Å². The summed E-state index contributed by atoms with van der Waals surface area (Å²) < 4.78 is 4.92. The lowest BCUT2D eigenvalue weighted by atomic mass is 10.1. The van der Waals surface area contributed by atoms with Gasteiger partial charge >= 0.3 is 0 Å². The normalized spacial score (nSPS) is 10.2. The van der Waals surface area contributed by atoms with Gasteiger partial charge in [0.05, 0.1) is 0 Å².